The van der Waals surface area contributed by atoms with Gasteiger partial charge in [-0.25, -0.2) is 9.34 Å². The summed E-state index contributed by atoms with van der Waals surface area (Å²) in [6, 6.07) is 1.34. The summed E-state index contributed by atoms with van der Waals surface area (Å²) in [5, 5.41) is 0. The fourth-order valence-electron chi connectivity index (χ4n) is 3.17. The van der Waals surface area contributed by atoms with Crippen molar-refractivity contribution in [2.75, 3.05) is 40.5 Å². The third kappa shape index (κ3) is 3.18. The van der Waals surface area contributed by atoms with Gasteiger partial charge in [0.25, 0.3) is 17.1 Å². The monoisotopic (exact) mass is 322 g/mol. The molecule has 8 heteroatoms. The molecule has 4 aliphatic heterocycles. The minimum absolute atomic E-state index is 0.650. The standard InChI is InChI=1S/2C6H12NO2P/c2*1-8-10-7-4-2-3-6(7)5-9-10/h2*6H,2-5H2,1H3/t2*6-,10?/m10/s1. The number of fused-ring (bicyclic) bond motifs is 2. The van der Waals surface area contributed by atoms with Crippen LogP contribution in [0.3, 0.4) is 0 Å². The number of hydrogen-bond donors (Lipinski definition) is 0. The smallest absolute Gasteiger partial charge is 0.258 e. The molecule has 0 radical (unpaired) electrons. The summed E-state index contributed by atoms with van der Waals surface area (Å²) in [6.45, 7) is 4.12. The Balaban J connectivity index is 0.000000121. The SMILES string of the molecule is COP1OC[C@@H]2CCCN21.COP1OC[C@H]2CCCN21. The highest BCUT2D eigenvalue weighted by Crippen LogP contribution is 2.52. The van der Waals surface area contributed by atoms with Crippen molar-refractivity contribution in [3.05, 3.63) is 0 Å². The van der Waals surface area contributed by atoms with E-state index < -0.39 is 17.1 Å². The van der Waals surface area contributed by atoms with Crippen LogP contribution in [-0.4, -0.2) is 61.9 Å². The lowest BCUT2D eigenvalue weighted by Gasteiger charge is -2.16. The Morgan fingerprint density at radius 1 is 0.850 bits per heavy atom. The van der Waals surface area contributed by atoms with E-state index in [1.165, 1.54) is 38.8 Å². The molecule has 6 nitrogen and oxygen atoms in total. The molecular formula is C12H24N2O4P2. The Kier molecular flexibility index (Phi) is 5.63. The molecule has 0 saturated carbocycles. The second-order valence-corrected chi connectivity index (χ2v) is 8.58. The van der Waals surface area contributed by atoms with Gasteiger partial charge in [-0.3, -0.25) is 0 Å². The Morgan fingerprint density at radius 2 is 1.30 bits per heavy atom. The van der Waals surface area contributed by atoms with Gasteiger partial charge < -0.3 is 18.1 Å². The lowest BCUT2D eigenvalue weighted by molar-refractivity contribution is 0.304. The summed E-state index contributed by atoms with van der Waals surface area (Å²) in [4.78, 5) is 0. The third-order valence-corrected chi connectivity index (χ3v) is 7.44. The van der Waals surface area contributed by atoms with Crippen molar-refractivity contribution in [2.45, 2.75) is 37.8 Å². The molecule has 0 amide bonds. The normalized spacial score (nSPS) is 40.5. The van der Waals surface area contributed by atoms with Gasteiger partial charge in [-0.15, -0.1) is 0 Å². The van der Waals surface area contributed by atoms with Crippen LogP contribution in [0.25, 0.3) is 0 Å². The van der Waals surface area contributed by atoms with Crippen LogP contribution in [0.15, 0.2) is 0 Å². The first kappa shape index (κ1) is 15.5. The van der Waals surface area contributed by atoms with Crippen molar-refractivity contribution >= 4 is 17.1 Å². The minimum Gasteiger partial charge on any atom is -0.325 e. The van der Waals surface area contributed by atoms with E-state index in [1.54, 1.807) is 14.2 Å². The summed E-state index contributed by atoms with van der Waals surface area (Å²) >= 11 is 0. The van der Waals surface area contributed by atoms with Crippen molar-refractivity contribution < 1.29 is 18.1 Å². The van der Waals surface area contributed by atoms with Crippen LogP contribution in [-0.2, 0) is 18.1 Å². The van der Waals surface area contributed by atoms with Crippen LogP contribution < -0.4 is 0 Å². The molecule has 116 valence electrons. The van der Waals surface area contributed by atoms with Crippen molar-refractivity contribution in [1.82, 2.24) is 9.34 Å². The van der Waals surface area contributed by atoms with Crippen LogP contribution in [0.4, 0.5) is 0 Å². The molecule has 2 unspecified atom stereocenters. The quantitative estimate of drug-likeness (QED) is 0.728. The van der Waals surface area contributed by atoms with E-state index >= 15 is 0 Å². The second kappa shape index (κ2) is 7.26. The fourth-order valence-corrected chi connectivity index (χ4v) is 6.21. The summed E-state index contributed by atoms with van der Waals surface area (Å²) in [6.07, 6.45) is 5.22. The first-order chi connectivity index (χ1) is 9.83. The van der Waals surface area contributed by atoms with Gasteiger partial charge in [-0.1, -0.05) is 0 Å². The maximum Gasteiger partial charge on any atom is 0.258 e. The van der Waals surface area contributed by atoms with E-state index in [9.17, 15) is 0 Å². The molecule has 4 saturated heterocycles. The maximum atomic E-state index is 5.44. The Bertz CT molecular complexity index is 296. The molecule has 4 aliphatic rings. The van der Waals surface area contributed by atoms with Gasteiger partial charge in [0.05, 0.1) is 13.2 Å². The third-order valence-electron chi connectivity index (χ3n) is 4.18. The molecule has 4 heterocycles. The molecule has 0 aromatic carbocycles. The van der Waals surface area contributed by atoms with Crippen molar-refractivity contribution in [1.29, 1.82) is 0 Å². The van der Waals surface area contributed by atoms with E-state index in [1.807, 2.05) is 0 Å². The zero-order chi connectivity index (χ0) is 13.9. The van der Waals surface area contributed by atoms with E-state index in [2.05, 4.69) is 9.34 Å². The van der Waals surface area contributed by atoms with E-state index in [0.29, 0.717) is 12.1 Å². The average molecular weight is 322 g/mol. The summed E-state index contributed by atoms with van der Waals surface area (Å²) in [5.41, 5.74) is 0. The van der Waals surface area contributed by atoms with Crippen molar-refractivity contribution in [3.8, 4) is 0 Å². The van der Waals surface area contributed by atoms with Gasteiger partial charge in [-0.2, -0.15) is 0 Å². The molecule has 0 aliphatic carbocycles. The molecule has 0 aromatic rings. The largest absolute Gasteiger partial charge is 0.325 e. The van der Waals surface area contributed by atoms with Crippen LogP contribution in [0.5, 0.6) is 0 Å². The predicted octanol–water partition coefficient (Wildman–Crippen LogP) is 2.71. The maximum absolute atomic E-state index is 5.44. The first-order valence-electron chi connectivity index (χ1n) is 7.31. The van der Waals surface area contributed by atoms with E-state index in [4.69, 9.17) is 18.1 Å². The predicted molar refractivity (Wildman–Crippen MR) is 79.2 cm³/mol. The summed E-state index contributed by atoms with van der Waals surface area (Å²) < 4.78 is 26.0. The Hall–Kier alpha value is 0.620. The lowest BCUT2D eigenvalue weighted by Crippen LogP contribution is -2.19. The van der Waals surface area contributed by atoms with Gasteiger partial charge in [0.15, 0.2) is 0 Å². The molecule has 0 N–H and O–H groups in total. The molecule has 4 atom stereocenters. The summed E-state index contributed by atoms with van der Waals surface area (Å²) in [7, 11) is 2.16. The van der Waals surface area contributed by atoms with Gasteiger partial charge >= 0.3 is 0 Å². The van der Waals surface area contributed by atoms with Gasteiger partial charge in [-0.05, 0) is 25.7 Å². The highest BCUT2D eigenvalue weighted by molar-refractivity contribution is 7.45. The molecule has 0 spiro atoms. The summed E-state index contributed by atoms with van der Waals surface area (Å²) in [5.74, 6) is 0. The van der Waals surface area contributed by atoms with Crippen LogP contribution in [0.2, 0.25) is 0 Å². The topological polar surface area (TPSA) is 43.4 Å². The molecule has 20 heavy (non-hydrogen) atoms. The lowest BCUT2D eigenvalue weighted by atomic mass is 10.2. The van der Waals surface area contributed by atoms with E-state index in [0.717, 1.165) is 13.2 Å². The van der Waals surface area contributed by atoms with Gasteiger partial charge in [0.2, 0.25) is 0 Å². The Labute approximate surface area is 123 Å². The zero-order valence-electron chi connectivity index (χ0n) is 12.2. The molecule has 4 rings (SSSR count). The molecule has 4 fully saturated rings. The van der Waals surface area contributed by atoms with Crippen LogP contribution in [0.1, 0.15) is 25.7 Å². The zero-order valence-corrected chi connectivity index (χ0v) is 14.0. The second-order valence-electron chi connectivity index (χ2n) is 5.35. The highest BCUT2D eigenvalue weighted by Gasteiger charge is 2.39. The van der Waals surface area contributed by atoms with Gasteiger partial charge in [0, 0.05) is 39.4 Å². The first-order valence-corrected chi connectivity index (χ1v) is 9.57. The van der Waals surface area contributed by atoms with Crippen molar-refractivity contribution in [3.63, 3.8) is 0 Å². The average Bonchev–Trinajstić information content (AvgIpc) is 3.19. The number of nitrogens with zero attached hydrogens (tertiary/aromatic N) is 2. The molecule has 0 bridgehead atoms. The van der Waals surface area contributed by atoms with Crippen molar-refractivity contribution in [2.24, 2.45) is 0 Å². The van der Waals surface area contributed by atoms with Crippen LogP contribution in [0, 0.1) is 0 Å². The number of hydrogen-bond acceptors (Lipinski definition) is 6. The fraction of sp³-hybridized carbons (Fsp3) is 1.00. The molecule has 0 aromatic heterocycles. The molecular weight excluding hydrogens is 298 g/mol. The number of rotatable bonds is 2. The minimum atomic E-state index is -0.650. The van der Waals surface area contributed by atoms with Gasteiger partial charge in [0.1, 0.15) is 0 Å². The van der Waals surface area contributed by atoms with E-state index in [-0.39, 0.29) is 0 Å². The highest BCUT2D eigenvalue weighted by atomic mass is 31.2. The Morgan fingerprint density at radius 3 is 1.70 bits per heavy atom. The van der Waals surface area contributed by atoms with Crippen LogP contribution >= 0.6 is 17.1 Å².